The maximum Gasteiger partial charge on any atom is 0.338 e. The van der Waals surface area contributed by atoms with E-state index in [1.807, 2.05) is 6.07 Å². The number of hydrogen-bond acceptors (Lipinski definition) is 7. The van der Waals surface area contributed by atoms with Crippen molar-refractivity contribution >= 4 is 22.6 Å². The van der Waals surface area contributed by atoms with Crippen LogP contribution in [0.2, 0.25) is 36.3 Å². The second-order valence-electron chi connectivity index (χ2n) is 12.2. The van der Waals surface area contributed by atoms with Crippen LogP contribution in [0.5, 0.6) is 0 Å². The molecule has 0 aromatic heterocycles. The molecule has 7 nitrogen and oxygen atoms in total. The zero-order valence-electron chi connectivity index (χ0n) is 22.4. The van der Waals surface area contributed by atoms with Crippen molar-refractivity contribution in [2.45, 2.75) is 109 Å². The Hall–Kier alpha value is -1.08. The number of rotatable bonds is 7. The first-order chi connectivity index (χ1) is 15.4. The second-order valence-corrected chi connectivity index (χ2v) is 21.7. The number of ether oxygens (including phenoxy) is 2. The molecular formula is C25H44O7Si2. The van der Waals surface area contributed by atoms with E-state index in [9.17, 15) is 15.0 Å². The van der Waals surface area contributed by atoms with E-state index < -0.39 is 59.9 Å². The third-order valence-electron chi connectivity index (χ3n) is 7.52. The Balaban J connectivity index is 2.51. The third kappa shape index (κ3) is 6.57. The molecule has 1 aromatic carbocycles. The maximum absolute atomic E-state index is 13.0. The number of carbonyl (C=O) groups is 1. The first kappa shape index (κ1) is 29.2. The van der Waals surface area contributed by atoms with Crippen LogP contribution in [0.25, 0.3) is 0 Å². The van der Waals surface area contributed by atoms with Crippen LogP contribution in [-0.4, -0.2) is 70.1 Å². The van der Waals surface area contributed by atoms with Crippen LogP contribution in [0.1, 0.15) is 51.9 Å². The highest BCUT2D eigenvalue weighted by Crippen LogP contribution is 2.43. The molecule has 0 saturated carbocycles. The molecule has 1 heterocycles. The summed E-state index contributed by atoms with van der Waals surface area (Å²) >= 11 is 0. The van der Waals surface area contributed by atoms with Crippen molar-refractivity contribution in [2.24, 2.45) is 0 Å². The van der Waals surface area contributed by atoms with Crippen LogP contribution in [-0.2, 0) is 18.3 Å². The van der Waals surface area contributed by atoms with Gasteiger partial charge < -0.3 is 28.5 Å². The lowest BCUT2D eigenvalue weighted by atomic mass is 9.99. The zero-order chi connectivity index (χ0) is 26.1. The molecule has 2 N–H and O–H groups in total. The summed E-state index contributed by atoms with van der Waals surface area (Å²) in [6, 6.07) is 8.67. The number of hydrogen-bond donors (Lipinski definition) is 2. The molecular weight excluding hydrogens is 468 g/mol. The highest BCUT2D eigenvalue weighted by atomic mass is 28.4. The Morgan fingerprint density at radius 2 is 1.35 bits per heavy atom. The minimum absolute atomic E-state index is 0.127. The molecule has 194 valence electrons. The number of aliphatic hydroxyl groups excluding tert-OH is 2. The molecule has 3 unspecified atom stereocenters. The van der Waals surface area contributed by atoms with Gasteiger partial charge in [0.05, 0.1) is 12.2 Å². The Morgan fingerprint density at radius 1 is 0.882 bits per heavy atom. The second kappa shape index (κ2) is 10.5. The van der Waals surface area contributed by atoms with Crippen molar-refractivity contribution in [3.8, 4) is 0 Å². The van der Waals surface area contributed by atoms with E-state index in [0.717, 1.165) is 0 Å². The summed E-state index contributed by atoms with van der Waals surface area (Å²) < 4.78 is 25.1. The minimum Gasteiger partial charge on any atom is -0.453 e. The molecule has 5 atom stereocenters. The van der Waals surface area contributed by atoms with Crippen molar-refractivity contribution in [3.63, 3.8) is 0 Å². The van der Waals surface area contributed by atoms with E-state index in [-0.39, 0.29) is 10.1 Å². The number of benzene rings is 1. The fourth-order valence-corrected chi connectivity index (χ4v) is 5.83. The summed E-state index contributed by atoms with van der Waals surface area (Å²) in [5, 5.41) is 20.8. The highest BCUT2D eigenvalue weighted by Gasteiger charge is 2.54. The Labute approximate surface area is 207 Å². The van der Waals surface area contributed by atoms with E-state index >= 15 is 0 Å². The van der Waals surface area contributed by atoms with Gasteiger partial charge in [-0.25, -0.2) is 4.79 Å². The standard InChI is InChI=1S/C25H44O7Si2/c1-24(2,3)33(7,8)31-20-19(30-22(27)17-14-12-11-13-15-17)18(16-26)29-23(28)21(20)32-34(9,10)25(4,5)6/h11-15,18-21,23,26,28H,16H2,1-10H3/t18?,19-,20?,21?,23+/m1/s1. The van der Waals surface area contributed by atoms with Crippen LogP contribution < -0.4 is 0 Å². The smallest absolute Gasteiger partial charge is 0.338 e. The van der Waals surface area contributed by atoms with Gasteiger partial charge >= 0.3 is 5.97 Å². The predicted molar refractivity (Wildman–Crippen MR) is 138 cm³/mol. The first-order valence-corrected chi connectivity index (χ1v) is 17.8. The molecule has 0 radical (unpaired) electrons. The fourth-order valence-electron chi connectivity index (χ4n) is 3.24. The lowest BCUT2D eigenvalue weighted by Crippen LogP contribution is -2.66. The van der Waals surface area contributed by atoms with Crippen molar-refractivity contribution in [1.82, 2.24) is 0 Å². The predicted octanol–water partition coefficient (Wildman–Crippen LogP) is 4.70. The summed E-state index contributed by atoms with van der Waals surface area (Å²) in [4.78, 5) is 13.0. The minimum atomic E-state index is -2.40. The summed E-state index contributed by atoms with van der Waals surface area (Å²) in [5.74, 6) is -0.543. The summed E-state index contributed by atoms with van der Waals surface area (Å²) in [5.41, 5.74) is 0.387. The normalized spacial score (nSPS) is 26.9. The molecule has 9 heteroatoms. The highest BCUT2D eigenvalue weighted by molar-refractivity contribution is 6.74. The van der Waals surface area contributed by atoms with Gasteiger partial charge in [0.15, 0.2) is 29.0 Å². The molecule has 2 rings (SSSR count). The van der Waals surface area contributed by atoms with Crippen molar-refractivity contribution in [1.29, 1.82) is 0 Å². The van der Waals surface area contributed by atoms with Crippen LogP contribution in [0.15, 0.2) is 30.3 Å². The van der Waals surface area contributed by atoms with Crippen LogP contribution >= 0.6 is 0 Å². The zero-order valence-corrected chi connectivity index (χ0v) is 24.4. The topological polar surface area (TPSA) is 94.5 Å². The van der Waals surface area contributed by atoms with Gasteiger partial charge in [0.2, 0.25) is 0 Å². The van der Waals surface area contributed by atoms with Gasteiger partial charge in [0.1, 0.15) is 18.3 Å². The number of aliphatic hydroxyl groups is 2. The molecule has 0 aliphatic carbocycles. The van der Waals surface area contributed by atoms with Gasteiger partial charge in [-0.2, -0.15) is 0 Å². The van der Waals surface area contributed by atoms with E-state index in [1.54, 1.807) is 24.3 Å². The van der Waals surface area contributed by atoms with E-state index in [2.05, 4.69) is 67.7 Å². The average Bonchev–Trinajstić information content (AvgIpc) is 2.71. The number of carbonyl (C=O) groups excluding carboxylic acids is 1. The molecule has 1 aliphatic rings. The van der Waals surface area contributed by atoms with Crippen LogP contribution in [0.4, 0.5) is 0 Å². The Bertz CT molecular complexity index is 815. The van der Waals surface area contributed by atoms with Gasteiger partial charge in [-0.1, -0.05) is 59.7 Å². The van der Waals surface area contributed by atoms with Gasteiger partial charge in [-0.15, -0.1) is 0 Å². The van der Waals surface area contributed by atoms with Crippen molar-refractivity contribution in [3.05, 3.63) is 35.9 Å². The van der Waals surface area contributed by atoms with E-state index in [1.165, 1.54) is 0 Å². The van der Waals surface area contributed by atoms with Crippen LogP contribution in [0.3, 0.4) is 0 Å². The van der Waals surface area contributed by atoms with Crippen molar-refractivity contribution < 1.29 is 33.3 Å². The largest absolute Gasteiger partial charge is 0.453 e. The van der Waals surface area contributed by atoms with E-state index in [4.69, 9.17) is 18.3 Å². The summed E-state index contributed by atoms with van der Waals surface area (Å²) in [6.07, 6.45) is -4.90. The fraction of sp³-hybridized carbons (Fsp3) is 0.720. The van der Waals surface area contributed by atoms with Gasteiger partial charge in [0.25, 0.3) is 0 Å². The molecule has 0 bridgehead atoms. The number of esters is 1. The van der Waals surface area contributed by atoms with Gasteiger partial charge in [-0.3, -0.25) is 0 Å². The average molecular weight is 513 g/mol. The molecule has 0 amide bonds. The molecule has 1 aromatic rings. The SMILES string of the molecule is CC(C)(C)[Si](C)(C)OC1C(O[Si](C)(C)C(C)(C)C)[C@@H](O)OC(CO)[C@H]1OC(=O)c1ccccc1. The molecule has 1 fully saturated rings. The monoisotopic (exact) mass is 512 g/mol. The summed E-state index contributed by atoms with van der Waals surface area (Å²) in [6.45, 7) is 20.6. The lowest BCUT2D eigenvalue weighted by Gasteiger charge is -2.51. The molecule has 34 heavy (non-hydrogen) atoms. The van der Waals surface area contributed by atoms with Gasteiger partial charge in [-0.05, 0) is 48.4 Å². The maximum atomic E-state index is 13.0. The lowest BCUT2D eigenvalue weighted by molar-refractivity contribution is -0.279. The van der Waals surface area contributed by atoms with Crippen molar-refractivity contribution in [2.75, 3.05) is 6.61 Å². The molecule has 1 saturated heterocycles. The quantitative estimate of drug-likeness (QED) is 0.404. The third-order valence-corrected chi connectivity index (χ3v) is 16.5. The van der Waals surface area contributed by atoms with Gasteiger partial charge in [0, 0.05) is 0 Å². The first-order valence-electron chi connectivity index (χ1n) is 12.0. The van der Waals surface area contributed by atoms with Crippen LogP contribution in [0, 0.1) is 0 Å². The van der Waals surface area contributed by atoms with E-state index in [0.29, 0.717) is 5.56 Å². The Morgan fingerprint density at radius 3 is 1.79 bits per heavy atom. The summed E-state index contributed by atoms with van der Waals surface area (Å²) in [7, 11) is -4.77. The molecule has 0 spiro atoms. The molecule has 1 aliphatic heterocycles. The Kier molecular flexibility index (Phi) is 9.00.